The number of hydrogen-bond acceptors (Lipinski definition) is 3. The van der Waals surface area contributed by atoms with E-state index in [4.69, 9.17) is 16.3 Å². The Morgan fingerprint density at radius 1 is 1.53 bits per heavy atom. The van der Waals surface area contributed by atoms with Gasteiger partial charge in [0.1, 0.15) is 5.75 Å². The largest absolute Gasteiger partial charge is 0.496 e. The molecule has 1 rings (SSSR count). The predicted molar refractivity (Wildman–Crippen MR) is 75.6 cm³/mol. The van der Waals surface area contributed by atoms with Crippen molar-refractivity contribution in [2.75, 3.05) is 13.7 Å². The number of ether oxygens (including phenoxy) is 1. The molecule has 0 spiro atoms. The highest BCUT2D eigenvalue weighted by atomic mass is 35.5. The lowest BCUT2D eigenvalue weighted by atomic mass is 10.1. The summed E-state index contributed by atoms with van der Waals surface area (Å²) in [6.07, 6.45) is 1.26. The van der Waals surface area contributed by atoms with E-state index in [1.165, 1.54) is 0 Å². The summed E-state index contributed by atoms with van der Waals surface area (Å²) in [4.78, 5) is 11.8. The highest BCUT2D eigenvalue weighted by molar-refractivity contribution is 6.30. The van der Waals surface area contributed by atoms with Gasteiger partial charge < -0.3 is 15.2 Å². The van der Waals surface area contributed by atoms with E-state index in [1.807, 2.05) is 6.92 Å². The topological polar surface area (TPSA) is 58.6 Å². The second kappa shape index (κ2) is 8.02. The molecule has 0 fully saturated rings. The van der Waals surface area contributed by atoms with Gasteiger partial charge in [-0.2, -0.15) is 0 Å². The van der Waals surface area contributed by atoms with Crippen molar-refractivity contribution in [3.8, 4) is 5.75 Å². The van der Waals surface area contributed by atoms with Crippen molar-refractivity contribution in [2.45, 2.75) is 32.3 Å². The monoisotopic (exact) mass is 285 g/mol. The van der Waals surface area contributed by atoms with Gasteiger partial charge in [0, 0.05) is 17.1 Å². The van der Waals surface area contributed by atoms with Gasteiger partial charge in [0.25, 0.3) is 0 Å². The molecule has 1 amide bonds. The van der Waals surface area contributed by atoms with Crippen LogP contribution < -0.4 is 10.1 Å². The molecule has 2 N–H and O–H groups in total. The molecule has 0 bridgehead atoms. The number of aliphatic hydroxyl groups excluding tert-OH is 1. The summed E-state index contributed by atoms with van der Waals surface area (Å²) < 4.78 is 5.18. The number of hydrogen-bond donors (Lipinski definition) is 2. The van der Waals surface area contributed by atoms with E-state index in [2.05, 4.69) is 5.32 Å². The molecule has 0 heterocycles. The molecule has 4 nitrogen and oxygen atoms in total. The number of carbonyl (C=O) groups excluding carboxylic acids is 1. The van der Waals surface area contributed by atoms with Crippen LogP contribution in [-0.4, -0.2) is 30.8 Å². The molecule has 1 aromatic carbocycles. The lowest BCUT2D eigenvalue weighted by molar-refractivity contribution is -0.120. The molecule has 106 valence electrons. The fourth-order valence-electron chi connectivity index (χ4n) is 1.79. The SMILES string of the molecule is CCCC(O)CNC(=O)Cc1cc(Cl)ccc1OC. The second-order valence-corrected chi connectivity index (χ2v) is 4.82. The van der Waals surface area contributed by atoms with Crippen LogP contribution >= 0.6 is 11.6 Å². The number of benzene rings is 1. The van der Waals surface area contributed by atoms with Gasteiger partial charge in [0.2, 0.25) is 5.91 Å². The first-order valence-corrected chi connectivity index (χ1v) is 6.71. The highest BCUT2D eigenvalue weighted by Gasteiger charge is 2.11. The Hall–Kier alpha value is -1.26. The number of nitrogens with one attached hydrogen (secondary N) is 1. The quantitative estimate of drug-likeness (QED) is 0.807. The van der Waals surface area contributed by atoms with E-state index in [9.17, 15) is 9.90 Å². The fourth-order valence-corrected chi connectivity index (χ4v) is 1.98. The van der Waals surface area contributed by atoms with E-state index in [1.54, 1.807) is 25.3 Å². The lowest BCUT2D eigenvalue weighted by Gasteiger charge is -2.12. The van der Waals surface area contributed by atoms with Crippen LogP contribution in [-0.2, 0) is 11.2 Å². The molecule has 1 aromatic rings. The van der Waals surface area contributed by atoms with Crippen molar-refractivity contribution in [3.63, 3.8) is 0 Å². The van der Waals surface area contributed by atoms with Crippen LogP contribution in [0.3, 0.4) is 0 Å². The molecule has 19 heavy (non-hydrogen) atoms. The molecule has 0 aliphatic heterocycles. The highest BCUT2D eigenvalue weighted by Crippen LogP contribution is 2.22. The van der Waals surface area contributed by atoms with Crippen LogP contribution in [0.4, 0.5) is 0 Å². The van der Waals surface area contributed by atoms with Crippen LogP contribution in [0.25, 0.3) is 0 Å². The Morgan fingerprint density at radius 3 is 2.89 bits per heavy atom. The zero-order valence-corrected chi connectivity index (χ0v) is 12.0. The number of halogens is 1. The van der Waals surface area contributed by atoms with Crippen molar-refractivity contribution < 1.29 is 14.6 Å². The second-order valence-electron chi connectivity index (χ2n) is 4.38. The third kappa shape index (κ3) is 5.49. The molecule has 5 heteroatoms. The molecule has 0 saturated heterocycles. The maximum absolute atomic E-state index is 11.8. The van der Waals surface area contributed by atoms with Crippen molar-refractivity contribution in [3.05, 3.63) is 28.8 Å². The summed E-state index contributed by atoms with van der Waals surface area (Å²) in [6, 6.07) is 5.16. The molecule has 1 unspecified atom stereocenters. The Kier molecular flexibility index (Phi) is 6.67. The van der Waals surface area contributed by atoms with E-state index in [-0.39, 0.29) is 18.9 Å². The lowest BCUT2D eigenvalue weighted by Crippen LogP contribution is -2.33. The molecular formula is C14H20ClNO3. The standard InChI is InChI=1S/C14H20ClNO3/c1-3-4-12(17)9-16-14(18)8-10-7-11(15)5-6-13(10)19-2/h5-7,12,17H,3-4,8-9H2,1-2H3,(H,16,18). The Balaban J connectivity index is 2.54. The van der Waals surface area contributed by atoms with Gasteiger partial charge in [-0.3, -0.25) is 4.79 Å². The van der Waals surface area contributed by atoms with E-state index < -0.39 is 6.10 Å². The maximum atomic E-state index is 11.8. The maximum Gasteiger partial charge on any atom is 0.224 e. The molecule has 0 aromatic heterocycles. The zero-order valence-electron chi connectivity index (χ0n) is 11.3. The first-order chi connectivity index (χ1) is 9.06. The van der Waals surface area contributed by atoms with Crippen LogP contribution in [0.2, 0.25) is 5.02 Å². The first kappa shape index (κ1) is 15.8. The molecule has 0 saturated carbocycles. The molecule has 1 atom stereocenters. The first-order valence-electron chi connectivity index (χ1n) is 6.34. The van der Waals surface area contributed by atoms with Crippen molar-refractivity contribution >= 4 is 17.5 Å². The normalized spacial score (nSPS) is 12.0. The minimum Gasteiger partial charge on any atom is -0.496 e. The number of carbonyl (C=O) groups is 1. The van der Waals surface area contributed by atoms with Crippen LogP contribution in [0, 0.1) is 0 Å². The van der Waals surface area contributed by atoms with E-state index in [0.29, 0.717) is 17.2 Å². The molecular weight excluding hydrogens is 266 g/mol. The van der Waals surface area contributed by atoms with Gasteiger partial charge >= 0.3 is 0 Å². The van der Waals surface area contributed by atoms with Crippen LogP contribution in [0.5, 0.6) is 5.75 Å². The molecule has 0 aliphatic rings. The van der Waals surface area contributed by atoms with Gasteiger partial charge in [-0.05, 0) is 24.6 Å². The Labute approximate surface area is 118 Å². The third-order valence-corrected chi connectivity index (χ3v) is 2.99. The van der Waals surface area contributed by atoms with Crippen molar-refractivity contribution in [1.29, 1.82) is 0 Å². The summed E-state index contributed by atoms with van der Waals surface area (Å²) in [7, 11) is 1.55. The molecule has 0 radical (unpaired) electrons. The van der Waals surface area contributed by atoms with Gasteiger partial charge in [0.15, 0.2) is 0 Å². The summed E-state index contributed by atoms with van der Waals surface area (Å²) in [5.41, 5.74) is 0.734. The predicted octanol–water partition coefficient (Wildman–Crippen LogP) is 2.17. The summed E-state index contributed by atoms with van der Waals surface area (Å²) >= 11 is 5.90. The van der Waals surface area contributed by atoms with Crippen molar-refractivity contribution in [1.82, 2.24) is 5.32 Å². The minimum atomic E-state index is -0.491. The average molecular weight is 286 g/mol. The van der Waals surface area contributed by atoms with Crippen molar-refractivity contribution in [2.24, 2.45) is 0 Å². The number of rotatable bonds is 7. The van der Waals surface area contributed by atoms with E-state index >= 15 is 0 Å². The molecule has 0 aliphatic carbocycles. The number of aliphatic hydroxyl groups is 1. The zero-order chi connectivity index (χ0) is 14.3. The van der Waals surface area contributed by atoms with Gasteiger partial charge in [0.05, 0.1) is 19.6 Å². The third-order valence-electron chi connectivity index (χ3n) is 2.75. The van der Waals surface area contributed by atoms with Crippen LogP contribution in [0.15, 0.2) is 18.2 Å². The summed E-state index contributed by atoms with van der Waals surface area (Å²) in [5, 5.41) is 12.8. The van der Waals surface area contributed by atoms with Crippen LogP contribution in [0.1, 0.15) is 25.3 Å². The number of methoxy groups -OCH3 is 1. The van der Waals surface area contributed by atoms with Gasteiger partial charge in [-0.15, -0.1) is 0 Å². The average Bonchev–Trinajstić information content (AvgIpc) is 2.37. The smallest absolute Gasteiger partial charge is 0.224 e. The fraction of sp³-hybridized carbons (Fsp3) is 0.500. The summed E-state index contributed by atoms with van der Waals surface area (Å²) in [6.45, 7) is 2.26. The van der Waals surface area contributed by atoms with E-state index in [0.717, 1.165) is 12.0 Å². The van der Waals surface area contributed by atoms with Gasteiger partial charge in [-0.1, -0.05) is 24.9 Å². The minimum absolute atomic E-state index is 0.157. The van der Waals surface area contributed by atoms with Gasteiger partial charge in [-0.25, -0.2) is 0 Å². The Morgan fingerprint density at radius 2 is 2.26 bits per heavy atom. The number of amides is 1. The Bertz CT molecular complexity index is 423. The summed E-state index contributed by atoms with van der Waals surface area (Å²) in [5.74, 6) is 0.476.